The van der Waals surface area contributed by atoms with Crippen LogP contribution in [0.15, 0.2) is 47.6 Å². The molecule has 0 unspecified atom stereocenters. The largest absolute Gasteiger partial charge is 0.295 e. The molecule has 2 aromatic carbocycles. The predicted molar refractivity (Wildman–Crippen MR) is 108 cm³/mol. The van der Waals surface area contributed by atoms with Gasteiger partial charge in [-0.25, -0.2) is 0 Å². The summed E-state index contributed by atoms with van der Waals surface area (Å²) in [5, 5.41) is 17.7. The third-order valence-corrected chi connectivity index (χ3v) is 5.01. The first-order chi connectivity index (χ1) is 12.9. The zero-order chi connectivity index (χ0) is 19.4. The molecule has 2 aromatic rings. The Balaban J connectivity index is 1.59. The van der Waals surface area contributed by atoms with Crippen LogP contribution >= 0.6 is 0 Å². The summed E-state index contributed by atoms with van der Waals surface area (Å²) >= 11 is 0. The van der Waals surface area contributed by atoms with Crippen molar-refractivity contribution in [2.75, 3.05) is 26.2 Å². The van der Waals surface area contributed by atoms with Crippen molar-refractivity contribution in [3.63, 3.8) is 0 Å². The molecule has 0 bridgehead atoms. The third-order valence-electron chi connectivity index (χ3n) is 5.01. The molecular weight excluding hydrogens is 340 g/mol. The standard InChI is InChI=1S/C21H26N4O2/c1-16-7-8-20(17(2)13-16)15-23-9-11-24(12-10-23)22-18(3)19-5-4-6-21(14-19)25(26)27/h4-8,13-14H,9-12,15H2,1-3H3. The van der Waals surface area contributed by atoms with Crippen LogP contribution in [0.4, 0.5) is 5.69 Å². The highest BCUT2D eigenvalue weighted by Gasteiger charge is 2.17. The summed E-state index contributed by atoms with van der Waals surface area (Å²) in [6.45, 7) is 10.8. The molecule has 0 atom stereocenters. The Kier molecular flexibility index (Phi) is 5.86. The normalized spacial score (nSPS) is 15.8. The van der Waals surface area contributed by atoms with Gasteiger partial charge in [0.15, 0.2) is 0 Å². The molecule has 6 heteroatoms. The Bertz CT molecular complexity index is 855. The number of benzene rings is 2. The summed E-state index contributed by atoms with van der Waals surface area (Å²) in [4.78, 5) is 13.0. The van der Waals surface area contributed by atoms with Gasteiger partial charge in [0, 0.05) is 50.4 Å². The van der Waals surface area contributed by atoms with E-state index in [9.17, 15) is 10.1 Å². The van der Waals surface area contributed by atoms with Gasteiger partial charge in [0.25, 0.3) is 5.69 Å². The SMILES string of the molecule is CC(=NN1CCN(Cc2ccc(C)cc2C)CC1)c1cccc([N+](=O)[O-])c1. The number of hydrazone groups is 1. The number of nitro groups is 1. The van der Waals surface area contributed by atoms with Crippen molar-refractivity contribution in [2.24, 2.45) is 5.10 Å². The molecule has 6 nitrogen and oxygen atoms in total. The third kappa shape index (κ3) is 4.92. The van der Waals surface area contributed by atoms with Gasteiger partial charge in [0.2, 0.25) is 0 Å². The second-order valence-electron chi connectivity index (χ2n) is 7.15. The van der Waals surface area contributed by atoms with E-state index in [-0.39, 0.29) is 10.6 Å². The van der Waals surface area contributed by atoms with E-state index in [1.165, 1.54) is 22.8 Å². The van der Waals surface area contributed by atoms with Crippen molar-refractivity contribution >= 4 is 11.4 Å². The topological polar surface area (TPSA) is 62.0 Å². The summed E-state index contributed by atoms with van der Waals surface area (Å²) in [5.74, 6) is 0. The van der Waals surface area contributed by atoms with E-state index in [1.54, 1.807) is 12.1 Å². The fraction of sp³-hybridized carbons (Fsp3) is 0.381. The highest BCUT2D eigenvalue weighted by Crippen LogP contribution is 2.16. The van der Waals surface area contributed by atoms with Crippen molar-refractivity contribution in [3.8, 4) is 0 Å². The lowest BCUT2D eigenvalue weighted by molar-refractivity contribution is -0.384. The summed E-state index contributed by atoms with van der Waals surface area (Å²) in [6.07, 6.45) is 0. The molecule has 0 aromatic heterocycles. The average molecular weight is 366 g/mol. The molecular formula is C21H26N4O2. The van der Waals surface area contributed by atoms with Gasteiger partial charge in [0.1, 0.15) is 0 Å². The molecule has 1 aliphatic heterocycles. The van der Waals surface area contributed by atoms with E-state index >= 15 is 0 Å². The van der Waals surface area contributed by atoms with E-state index < -0.39 is 0 Å². The van der Waals surface area contributed by atoms with Gasteiger partial charge in [0.05, 0.1) is 10.6 Å². The second kappa shape index (κ2) is 8.31. The van der Waals surface area contributed by atoms with E-state index in [1.807, 2.05) is 13.0 Å². The number of hydrogen-bond donors (Lipinski definition) is 0. The monoisotopic (exact) mass is 366 g/mol. The van der Waals surface area contributed by atoms with Gasteiger partial charge in [-0.15, -0.1) is 0 Å². The highest BCUT2D eigenvalue weighted by atomic mass is 16.6. The number of rotatable bonds is 5. The van der Waals surface area contributed by atoms with Crippen LogP contribution in [0, 0.1) is 24.0 Å². The van der Waals surface area contributed by atoms with Gasteiger partial charge < -0.3 is 0 Å². The molecule has 0 spiro atoms. The molecule has 0 saturated carbocycles. The molecule has 1 aliphatic rings. The minimum atomic E-state index is -0.372. The quantitative estimate of drug-likeness (QED) is 0.459. The van der Waals surface area contributed by atoms with Crippen LogP contribution in [0.25, 0.3) is 0 Å². The number of non-ortho nitro benzene ring substituents is 1. The maximum atomic E-state index is 10.9. The molecule has 1 fully saturated rings. The lowest BCUT2D eigenvalue weighted by Gasteiger charge is -2.33. The Labute approximate surface area is 160 Å². The van der Waals surface area contributed by atoms with E-state index in [0.717, 1.165) is 44.0 Å². The van der Waals surface area contributed by atoms with Crippen molar-refractivity contribution < 1.29 is 4.92 Å². The average Bonchev–Trinajstić information content (AvgIpc) is 2.65. The number of nitro benzene ring substituents is 1. The van der Waals surface area contributed by atoms with Crippen molar-refractivity contribution in [1.29, 1.82) is 0 Å². The van der Waals surface area contributed by atoms with Gasteiger partial charge in [-0.2, -0.15) is 5.10 Å². The first kappa shape index (κ1) is 19.0. The number of aryl methyl sites for hydroxylation is 2. The number of nitrogens with zero attached hydrogens (tertiary/aromatic N) is 4. The molecule has 3 rings (SSSR count). The Morgan fingerprint density at radius 3 is 2.52 bits per heavy atom. The minimum Gasteiger partial charge on any atom is -0.295 e. The maximum absolute atomic E-state index is 10.9. The Morgan fingerprint density at radius 2 is 1.85 bits per heavy atom. The van der Waals surface area contributed by atoms with Crippen LogP contribution in [0.1, 0.15) is 29.2 Å². The zero-order valence-electron chi connectivity index (χ0n) is 16.2. The van der Waals surface area contributed by atoms with Crippen molar-refractivity contribution in [2.45, 2.75) is 27.3 Å². The van der Waals surface area contributed by atoms with Gasteiger partial charge >= 0.3 is 0 Å². The molecule has 0 aliphatic carbocycles. The molecule has 1 heterocycles. The number of hydrogen-bond acceptors (Lipinski definition) is 5. The number of piperazine rings is 1. The summed E-state index contributed by atoms with van der Waals surface area (Å²) in [7, 11) is 0. The highest BCUT2D eigenvalue weighted by molar-refractivity contribution is 5.99. The molecule has 0 radical (unpaired) electrons. The fourth-order valence-corrected chi connectivity index (χ4v) is 3.37. The Hall–Kier alpha value is -2.73. The van der Waals surface area contributed by atoms with Gasteiger partial charge in [-0.3, -0.25) is 20.0 Å². The lowest BCUT2D eigenvalue weighted by Crippen LogP contribution is -2.44. The van der Waals surface area contributed by atoms with Gasteiger partial charge in [-0.05, 0) is 31.9 Å². The van der Waals surface area contributed by atoms with Crippen LogP contribution in [0.2, 0.25) is 0 Å². The summed E-state index contributed by atoms with van der Waals surface area (Å²) < 4.78 is 0. The maximum Gasteiger partial charge on any atom is 0.270 e. The van der Waals surface area contributed by atoms with Crippen LogP contribution in [0.5, 0.6) is 0 Å². The zero-order valence-corrected chi connectivity index (χ0v) is 16.2. The van der Waals surface area contributed by atoms with Crippen LogP contribution < -0.4 is 0 Å². The van der Waals surface area contributed by atoms with Crippen LogP contribution in [-0.2, 0) is 6.54 Å². The summed E-state index contributed by atoms with van der Waals surface area (Å²) in [5.41, 5.74) is 5.72. The minimum absolute atomic E-state index is 0.0975. The van der Waals surface area contributed by atoms with Crippen molar-refractivity contribution in [1.82, 2.24) is 9.91 Å². The van der Waals surface area contributed by atoms with E-state index in [4.69, 9.17) is 0 Å². The first-order valence-corrected chi connectivity index (χ1v) is 9.26. The van der Waals surface area contributed by atoms with Crippen LogP contribution in [0.3, 0.4) is 0 Å². The molecule has 1 saturated heterocycles. The Morgan fingerprint density at radius 1 is 1.11 bits per heavy atom. The van der Waals surface area contributed by atoms with Crippen molar-refractivity contribution in [3.05, 3.63) is 74.8 Å². The van der Waals surface area contributed by atoms with Crippen LogP contribution in [-0.4, -0.2) is 46.7 Å². The molecule has 27 heavy (non-hydrogen) atoms. The fourth-order valence-electron chi connectivity index (χ4n) is 3.37. The first-order valence-electron chi connectivity index (χ1n) is 9.26. The molecule has 0 amide bonds. The lowest BCUT2D eigenvalue weighted by atomic mass is 10.1. The molecule has 142 valence electrons. The van der Waals surface area contributed by atoms with Gasteiger partial charge in [-0.1, -0.05) is 35.9 Å². The second-order valence-corrected chi connectivity index (χ2v) is 7.15. The van der Waals surface area contributed by atoms with E-state index in [0.29, 0.717) is 0 Å². The smallest absolute Gasteiger partial charge is 0.270 e. The van der Waals surface area contributed by atoms with E-state index in [2.05, 4.69) is 47.1 Å². The summed E-state index contributed by atoms with van der Waals surface area (Å²) in [6, 6.07) is 13.3. The molecule has 0 N–H and O–H groups in total. The predicted octanol–water partition coefficient (Wildman–Crippen LogP) is 3.75.